The molecule has 0 aliphatic carbocycles. The van der Waals surface area contributed by atoms with E-state index < -0.39 is 0 Å². The Morgan fingerprint density at radius 2 is 1.81 bits per heavy atom. The van der Waals surface area contributed by atoms with Crippen LogP contribution in [0.2, 0.25) is 0 Å². The van der Waals surface area contributed by atoms with Gasteiger partial charge < -0.3 is 4.42 Å². The lowest BCUT2D eigenvalue weighted by Gasteiger charge is -2.13. The number of benzene rings is 3. The van der Waals surface area contributed by atoms with E-state index in [4.69, 9.17) is 9.52 Å². The van der Waals surface area contributed by atoms with Crippen molar-refractivity contribution in [3.8, 4) is 34.3 Å². The molecule has 0 saturated carbocycles. The summed E-state index contributed by atoms with van der Waals surface area (Å²) in [4.78, 5) is 17.4. The maximum Gasteiger partial charge on any atom is 0.279 e. The van der Waals surface area contributed by atoms with Gasteiger partial charge in [-0.15, -0.1) is 0 Å². The fourth-order valence-electron chi connectivity index (χ4n) is 3.76. The first-order valence-corrected chi connectivity index (χ1v) is 10.6. The van der Waals surface area contributed by atoms with E-state index >= 15 is 0 Å². The zero-order valence-corrected chi connectivity index (χ0v) is 18.5. The molecule has 0 spiro atoms. The third kappa shape index (κ3) is 3.41. The number of rotatable bonds is 3. The van der Waals surface area contributed by atoms with Crippen molar-refractivity contribution in [2.24, 2.45) is 0 Å². The molecular weight excluding hydrogens is 468 g/mol. The Bertz CT molecular complexity index is 1580. The van der Waals surface area contributed by atoms with Gasteiger partial charge in [-0.3, -0.25) is 4.79 Å². The van der Waals surface area contributed by atoms with Gasteiger partial charge in [0, 0.05) is 21.0 Å². The molecule has 32 heavy (non-hydrogen) atoms. The van der Waals surface area contributed by atoms with Crippen LogP contribution in [-0.2, 0) is 0 Å². The van der Waals surface area contributed by atoms with Gasteiger partial charge in [0.2, 0.25) is 0 Å². The first-order valence-electron chi connectivity index (χ1n) is 9.78. The van der Waals surface area contributed by atoms with Crippen molar-refractivity contribution in [2.75, 3.05) is 0 Å². The predicted octanol–water partition coefficient (Wildman–Crippen LogP) is 5.65. The van der Waals surface area contributed by atoms with Crippen molar-refractivity contribution in [3.63, 3.8) is 0 Å². The summed E-state index contributed by atoms with van der Waals surface area (Å²) in [6.07, 6.45) is 3.05. The summed E-state index contributed by atoms with van der Waals surface area (Å²) in [5.74, 6) is 0.645. The van der Waals surface area contributed by atoms with E-state index in [0.717, 1.165) is 26.5 Å². The number of oxazole rings is 1. The van der Waals surface area contributed by atoms with Gasteiger partial charge in [-0.25, -0.2) is 4.98 Å². The third-order valence-corrected chi connectivity index (χ3v) is 5.67. The van der Waals surface area contributed by atoms with E-state index in [1.807, 2.05) is 43.3 Å². The number of hydrogen-bond acceptors (Lipinski definition) is 5. The molecule has 0 aliphatic heterocycles. The summed E-state index contributed by atoms with van der Waals surface area (Å²) in [6.45, 7) is 1.99. The molecule has 3 aromatic carbocycles. The summed E-state index contributed by atoms with van der Waals surface area (Å²) >= 11 is 3.43. The van der Waals surface area contributed by atoms with E-state index in [1.165, 1.54) is 11.1 Å². The van der Waals surface area contributed by atoms with E-state index in [0.29, 0.717) is 28.1 Å². The highest BCUT2D eigenvalue weighted by Gasteiger charge is 2.17. The summed E-state index contributed by atoms with van der Waals surface area (Å²) in [5, 5.41) is 15.6. The molecular formula is C25H15BrN4O2. The Hall–Kier alpha value is -4.02. The summed E-state index contributed by atoms with van der Waals surface area (Å²) in [6, 6.07) is 20.6. The molecule has 6 nitrogen and oxygen atoms in total. The Morgan fingerprint density at radius 1 is 1.03 bits per heavy atom. The lowest BCUT2D eigenvalue weighted by molar-refractivity contribution is 0.572. The smallest absolute Gasteiger partial charge is 0.279 e. The Kier molecular flexibility index (Phi) is 4.92. The number of aromatic nitrogens is 3. The molecule has 0 bridgehead atoms. The standard InChI is InChI=1S/C25H15BrN4O2/c1-15-8-17(23-13-28-14-32-23)10-18(9-15)24-20-4-2-3-5-21(20)25(31)30(29-24)22-11-19(26)7-6-16(22)12-27/h2-11,13-14H,1H3. The molecule has 0 N–H and O–H groups in total. The molecule has 2 heterocycles. The molecule has 0 aliphatic rings. The normalized spacial score (nSPS) is 10.9. The topological polar surface area (TPSA) is 84.7 Å². The van der Waals surface area contributed by atoms with Crippen molar-refractivity contribution in [2.45, 2.75) is 6.92 Å². The van der Waals surface area contributed by atoms with Crippen molar-refractivity contribution in [1.82, 2.24) is 14.8 Å². The highest BCUT2D eigenvalue weighted by molar-refractivity contribution is 9.10. The van der Waals surface area contributed by atoms with Crippen molar-refractivity contribution in [1.29, 1.82) is 5.26 Å². The maximum atomic E-state index is 13.4. The fourth-order valence-corrected chi connectivity index (χ4v) is 4.11. The quantitative estimate of drug-likeness (QED) is 0.331. The average molecular weight is 483 g/mol. The van der Waals surface area contributed by atoms with Crippen LogP contribution in [-0.4, -0.2) is 14.8 Å². The van der Waals surface area contributed by atoms with Crippen molar-refractivity contribution < 1.29 is 4.42 Å². The minimum atomic E-state index is -0.290. The SMILES string of the molecule is Cc1cc(-c2cnco2)cc(-c2nn(-c3cc(Br)ccc3C#N)c(=O)c3ccccc23)c1. The fraction of sp³-hybridized carbons (Fsp3) is 0.0400. The van der Waals surface area contributed by atoms with E-state index in [1.54, 1.807) is 30.5 Å². The maximum absolute atomic E-state index is 13.4. The minimum absolute atomic E-state index is 0.290. The van der Waals surface area contributed by atoms with Crippen LogP contribution < -0.4 is 5.56 Å². The van der Waals surface area contributed by atoms with Gasteiger partial charge >= 0.3 is 0 Å². The molecule has 0 saturated heterocycles. The van der Waals surface area contributed by atoms with Crippen molar-refractivity contribution in [3.05, 3.63) is 99.2 Å². The van der Waals surface area contributed by atoms with Gasteiger partial charge in [0.1, 0.15) is 6.07 Å². The van der Waals surface area contributed by atoms with Crippen molar-refractivity contribution >= 4 is 26.7 Å². The second kappa shape index (κ2) is 7.91. The van der Waals surface area contributed by atoms with Gasteiger partial charge in [-0.1, -0.05) is 34.1 Å². The number of fused-ring (bicyclic) bond motifs is 1. The van der Waals surface area contributed by atoms with Crippen LogP contribution >= 0.6 is 15.9 Å². The van der Waals surface area contributed by atoms with Crippen LogP contribution in [0.1, 0.15) is 11.1 Å². The van der Waals surface area contributed by atoms with Gasteiger partial charge in [-0.05, 0) is 55.0 Å². The summed E-state index contributed by atoms with van der Waals surface area (Å²) < 4.78 is 7.53. The second-order valence-electron chi connectivity index (χ2n) is 7.34. The number of nitriles is 1. The molecule has 5 aromatic rings. The summed E-state index contributed by atoms with van der Waals surface area (Å²) in [7, 11) is 0. The summed E-state index contributed by atoms with van der Waals surface area (Å²) in [5.41, 5.74) is 3.82. The molecule has 0 fully saturated rings. The zero-order chi connectivity index (χ0) is 22.2. The number of aryl methyl sites for hydroxylation is 1. The molecule has 0 radical (unpaired) electrons. The number of hydrogen-bond donors (Lipinski definition) is 0. The minimum Gasteiger partial charge on any atom is -0.444 e. The lowest BCUT2D eigenvalue weighted by Crippen LogP contribution is -2.23. The van der Waals surface area contributed by atoms with Gasteiger partial charge in [-0.2, -0.15) is 15.0 Å². The first kappa shape index (κ1) is 19.9. The largest absolute Gasteiger partial charge is 0.444 e. The highest BCUT2D eigenvalue weighted by atomic mass is 79.9. The van der Waals surface area contributed by atoms with Gasteiger partial charge in [0.25, 0.3) is 5.56 Å². The number of halogens is 1. The average Bonchev–Trinajstić information content (AvgIpc) is 3.34. The van der Waals surface area contributed by atoms with Crippen LogP contribution in [0.25, 0.3) is 39.0 Å². The molecule has 0 amide bonds. The molecule has 2 aromatic heterocycles. The molecule has 0 unspecified atom stereocenters. The van der Waals surface area contributed by atoms with E-state index in [-0.39, 0.29) is 5.56 Å². The molecule has 5 rings (SSSR count). The third-order valence-electron chi connectivity index (χ3n) is 5.18. The Morgan fingerprint density at radius 3 is 2.56 bits per heavy atom. The van der Waals surface area contributed by atoms with E-state index in [9.17, 15) is 10.1 Å². The lowest BCUT2D eigenvalue weighted by atomic mass is 9.99. The van der Waals surface area contributed by atoms with Crippen LogP contribution in [0.4, 0.5) is 0 Å². The predicted molar refractivity (Wildman–Crippen MR) is 125 cm³/mol. The number of nitrogens with zero attached hydrogens (tertiary/aromatic N) is 4. The molecule has 0 atom stereocenters. The van der Waals surface area contributed by atoms with Gasteiger partial charge in [0.05, 0.1) is 28.5 Å². The Balaban J connectivity index is 1.85. The Labute approximate surface area is 191 Å². The monoisotopic (exact) mass is 482 g/mol. The van der Waals surface area contributed by atoms with Crippen LogP contribution in [0, 0.1) is 18.3 Å². The second-order valence-corrected chi connectivity index (χ2v) is 8.25. The van der Waals surface area contributed by atoms with Crippen LogP contribution in [0.3, 0.4) is 0 Å². The van der Waals surface area contributed by atoms with Crippen LogP contribution in [0.5, 0.6) is 0 Å². The first-order chi connectivity index (χ1) is 15.5. The van der Waals surface area contributed by atoms with Crippen LogP contribution in [0.15, 0.2) is 86.9 Å². The van der Waals surface area contributed by atoms with E-state index in [2.05, 4.69) is 27.0 Å². The zero-order valence-electron chi connectivity index (χ0n) is 16.9. The van der Waals surface area contributed by atoms with Gasteiger partial charge in [0.15, 0.2) is 12.2 Å². The molecule has 154 valence electrons. The highest BCUT2D eigenvalue weighted by Crippen LogP contribution is 2.31. The molecule has 7 heteroatoms.